The zero-order chi connectivity index (χ0) is 9.97. The lowest BCUT2D eigenvalue weighted by molar-refractivity contribution is 1.10. The monoisotopic (exact) mass is 207 g/mol. The van der Waals surface area contributed by atoms with Gasteiger partial charge in [0, 0.05) is 18.0 Å². The number of benzene rings is 1. The molecule has 1 heterocycles. The average Bonchev–Trinajstić information content (AvgIpc) is 2.61. The maximum atomic E-state index is 3.39. The first-order valence-electron chi connectivity index (χ1n) is 5.23. The van der Waals surface area contributed by atoms with E-state index in [1.807, 2.05) is 11.8 Å². The first-order chi connectivity index (χ1) is 6.75. The van der Waals surface area contributed by atoms with E-state index in [0.29, 0.717) is 0 Å². The Kier molecular flexibility index (Phi) is 3.02. The summed E-state index contributed by atoms with van der Waals surface area (Å²) in [7, 11) is 0. The van der Waals surface area contributed by atoms with E-state index < -0.39 is 0 Å². The van der Waals surface area contributed by atoms with E-state index >= 15 is 0 Å². The van der Waals surface area contributed by atoms with E-state index in [9.17, 15) is 0 Å². The molecule has 0 atom stereocenters. The molecule has 0 amide bonds. The molecule has 0 spiro atoms. The molecule has 1 aliphatic heterocycles. The van der Waals surface area contributed by atoms with Crippen LogP contribution in [0.3, 0.4) is 0 Å². The third-order valence-corrected chi connectivity index (χ3v) is 3.63. The Balaban J connectivity index is 2.05. The molecule has 0 saturated carbocycles. The van der Waals surface area contributed by atoms with E-state index in [4.69, 9.17) is 0 Å². The predicted molar refractivity (Wildman–Crippen MR) is 65.1 cm³/mol. The summed E-state index contributed by atoms with van der Waals surface area (Å²) in [6.07, 6.45) is 1.19. The van der Waals surface area contributed by atoms with E-state index in [1.165, 1.54) is 23.2 Å². The molecule has 1 nitrogen and oxygen atoms in total. The first kappa shape index (κ1) is 9.91. The summed E-state index contributed by atoms with van der Waals surface area (Å²) in [5.41, 5.74) is 4.29. The van der Waals surface area contributed by atoms with Gasteiger partial charge < -0.3 is 5.32 Å². The Hall–Kier alpha value is -0.630. The zero-order valence-electron chi connectivity index (χ0n) is 8.84. The topological polar surface area (TPSA) is 12.0 Å². The van der Waals surface area contributed by atoms with Crippen LogP contribution in [0.4, 0.5) is 5.69 Å². The van der Waals surface area contributed by atoms with Crippen molar-refractivity contribution in [2.45, 2.75) is 31.3 Å². The average molecular weight is 207 g/mol. The SMILES string of the molecule is CC(C)SCc1ccc2c(c1)CCN2. The molecular formula is C12H17NS. The van der Waals surface area contributed by atoms with Gasteiger partial charge in [0.2, 0.25) is 0 Å². The Labute approximate surface area is 90.3 Å². The standard InChI is InChI=1S/C12H17NS/c1-9(2)14-8-10-3-4-12-11(7-10)5-6-13-12/h3-4,7,9,13H,5-6,8H2,1-2H3. The van der Waals surface area contributed by atoms with Crippen LogP contribution in [-0.2, 0) is 12.2 Å². The first-order valence-corrected chi connectivity index (χ1v) is 6.28. The molecule has 1 aromatic carbocycles. The van der Waals surface area contributed by atoms with Crippen molar-refractivity contribution in [1.82, 2.24) is 0 Å². The van der Waals surface area contributed by atoms with E-state index in [1.54, 1.807) is 0 Å². The molecule has 2 rings (SSSR count). The van der Waals surface area contributed by atoms with Crippen molar-refractivity contribution in [1.29, 1.82) is 0 Å². The van der Waals surface area contributed by atoms with Crippen molar-refractivity contribution in [2.75, 3.05) is 11.9 Å². The number of thioether (sulfide) groups is 1. The Morgan fingerprint density at radius 1 is 1.43 bits per heavy atom. The quantitative estimate of drug-likeness (QED) is 0.816. The molecule has 0 aliphatic carbocycles. The summed E-state index contributed by atoms with van der Waals surface area (Å²) in [6, 6.07) is 6.82. The predicted octanol–water partition coefficient (Wildman–Crippen LogP) is 3.30. The van der Waals surface area contributed by atoms with E-state index in [0.717, 1.165) is 17.5 Å². The maximum Gasteiger partial charge on any atom is 0.0373 e. The molecule has 2 heteroatoms. The summed E-state index contributed by atoms with van der Waals surface area (Å²) in [5.74, 6) is 1.14. The van der Waals surface area contributed by atoms with E-state index in [-0.39, 0.29) is 0 Å². The number of rotatable bonds is 3. The molecule has 14 heavy (non-hydrogen) atoms. The van der Waals surface area contributed by atoms with Gasteiger partial charge in [-0.05, 0) is 28.9 Å². The lowest BCUT2D eigenvalue weighted by atomic mass is 10.1. The highest BCUT2D eigenvalue weighted by Gasteiger charge is 2.09. The summed E-state index contributed by atoms with van der Waals surface area (Å²) in [4.78, 5) is 0. The van der Waals surface area contributed by atoms with Crippen LogP contribution in [-0.4, -0.2) is 11.8 Å². The van der Waals surface area contributed by atoms with Crippen molar-refractivity contribution in [3.63, 3.8) is 0 Å². The minimum Gasteiger partial charge on any atom is -0.384 e. The number of hydrogen-bond acceptors (Lipinski definition) is 2. The molecule has 1 aromatic rings. The summed E-state index contributed by atoms with van der Waals surface area (Å²) < 4.78 is 0. The fourth-order valence-electron chi connectivity index (χ4n) is 1.71. The number of fused-ring (bicyclic) bond motifs is 1. The van der Waals surface area contributed by atoms with E-state index in [2.05, 4.69) is 37.4 Å². The molecule has 76 valence electrons. The van der Waals surface area contributed by atoms with Gasteiger partial charge in [-0.15, -0.1) is 0 Å². The molecule has 0 saturated heterocycles. The van der Waals surface area contributed by atoms with Crippen LogP contribution in [0.1, 0.15) is 25.0 Å². The van der Waals surface area contributed by atoms with Crippen LogP contribution >= 0.6 is 11.8 Å². The van der Waals surface area contributed by atoms with Crippen molar-refractivity contribution in [2.24, 2.45) is 0 Å². The number of anilines is 1. The van der Waals surface area contributed by atoms with Gasteiger partial charge in [0.1, 0.15) is 0 Å². The van der Waals surface area contributed by atoms with Gasteiger partial charge in [-0.2, -0.15) is 11.8 Å². The summed E-state index contributed by atoms with van der Waals surface area (Å²) >= 11 is 2.01. The fourth-order valence-corrected chi connectivity index (χ4v) is 2.42. The molecule has 0 bridgehead atoms. The smallest absolute Gasteiger partial charge is 0.0373 e. The van der Waals surface area contributed by atoms with Gasteiger partial charge in [-0.1, -0.05) is 26.0 Å². The lowest BCUT2D eigenvalue weighted by Gasteiger charge is -2.06. The Morgan fingerprint density at radius 2 is 2.29 bits per heavy atom. The summed E-state index contributed by atoms with van der Waals surface area (Å²) in [6.45, 7) is 5.61. The fraction of sp³-hybridized carbons (Fsp3) is 0.500. The van der Waals surface area contributed by atoms with Crippen LogP contribution < -0.4 is 5.32 Å². The van der Waals surface area contributed by atoms with Crippen molar-refractivity contribution >= 4 is 17.4 Å². The lowest BCUT2D eigenvalue weighted by Crippen LogP contribution is -1.91. The zero-order valence-corrected chi connectivity index (χ0v) is 9.66. The second-order valence-corrected chi connectivity index (χ2v) is 5.59. The molecular weight excluding hydrogens is 190 g/mol. The minimum atomic E-state index is 0.723. The van der Waals surface area contributed by atoms with Crippen molar-refractivity contribution in [3.05, 3.63) is 29.3 Å². The largest absolute Gasteiger partial charge is 0.384 e. The molecule has 0 fully saturated rings. The third kappa shape index (κ3) is 2.24. The Morgan fingerprint density at radius 3 is 3.07 bits per heavy atom. The van der Waals surface area contributed by atoms with Crippen LogP contribution in [0, 0.1) is 0 Å². The van der Waals surface area contributed by atoms with Crippen LogP contribution in [0.5, 0.6) is 0 Å². The number of nitrogens with one attached hydrogen (secondary N) is 1. The van der Waals surface area contributed by atoms with Gasteiger partial charge in [0.25, 0.3) is 0 Å². The van der Waals surface area contributed by atoms with Crippen LogP contribution in [0.25, 0.3) is 0 Å². The van der Waals surface area contributed by atoms with Crippen LogP contribution in [0.15, 0.2) is 18.2 Å². The number of hydrogen-bond donors (Lipinski definition) is 1. The van der Waals surface area contributed by atoms with Gasteiger partial charge >= 0.3 is 0 Å². The van der Waals surface area contributed by atoms with Crippen molar-refractivity contribution in [3.8, 4) is 0 Å². The third-order valence-electron chi connectivity index (χ3n) is 2.46. The highest BCUT2D eigenvalue weighted by Crippen LogP contribution is 2.25. The normalized spacial score (nSPS) is 14.2. The van der Waals surface area contributed by atoms with Gasteiger partial charge in [-0.25, -0.2) is 0 Å². The minimum absolute atomic E-state index is 0.723. The highest BCUT2D eigenvalue weighted by atomic mass is 32.2. The second-order valence-electron chi connectivity index (χ2n) is 4.03. The van der Waals surface area contributed by atoms with Crippen LogP contribution in [0.2, 0.25) is 0 Å². The second kappa shape index (κ2) is 4.26. The maximum absolute atomic E-state index is 3.39. The molecule has 0 unspecified atom stereocenters. The Bertz CT molecular complexity index is 320. The van der Waals surface area contributed by atoms with Gasteiger partial charge in [0.05, 0.1) is 0 Å². The van der Waals surface area contributed by atoms with Crippen molar-refractivity contribution < 1.29 is 0 Å². The molecule has 0 radical (unpaired) electrons. The van der Waals surface area contributed by atoms with Gasteiger partial charge in [0.15, 0.2) is 0 Å². The van der Waals surface area contributed by atoms with Gasteiger partial charge in [-0.3, -0.25) is 0 Å². The molecule has 1 N–H and O–H groups in total. The molecule has 1 aliphatic rings. The molecule has 0 aromatic heterocycles. The summed E-state index contributed by atoms with van der Waals surface area (Å²) in [5, 5.41) is 4.11. The highest BCUT2D eigenvalue weighted by molar-refractivity contribution is 7.99.